The van der Waals surface area contributed by atoms with Crippen molar-refractivity contribution in [2.24, 2.45) is 0 Å². The summed E-state index contributed by atoms with van der Waals surface area (Å²) in [6.07, 6.45) is 4.45. The van der Waals surface area contributed by atoms with Crippen molar-refractivity contribution in [1.82, 2.24) is 5.32 Å². The van der Waals surface area contributed by atoms with Gasteiger partial charge in [-0.1, -0.05) is 18.9 Å². The third-order valence-electron chi connectivity index (χ3n) is 4.53. The lowest BCUT2D eigenvalue weighted by molar-refractivity contribution is -0.118. The van der Waals surface area contributed by atoms with E-state index in [4.69, 9.17) is 9.47 Å². The highest BCUT2D eigenvalue weighted by atomic mass is 16.5. The molecule has 0 bridgehead atoms. The molecule has 0 aromatic heterocycles. The Balaban J connectivity index is 1.47. The fourth-order valence-corrected chi connectivity index (χ4v) is 3.09. The Labute approximate surface area is 158 Å². The first kappa shape index (κ1) is 18.8. The molecule has 6 heteroatoms. The smallest absolute Gasteiger partial charge is 0.262 e. The van der Waals surface area contributed by atoms with Crippen LogP contribution in [0.1, 0.15) is 36.0 Å². The van der Waals surface area contributed by atoms with E-state index in [2.05, 4.69) is 10.6 Å². The summed E-state index contributed by atoms with van der Waals surface area (Å²) < 4.78 is 10.6. The van der Waals surface area contributed by atoms with Crippen LogP contribution in [0.3, 0.4) is 0 Å². The van der Waals surface area contributed by atoms with Gasteiger partial charge in [-0.2, -0.15) is 0 Å². The molecule has 1 saturated carbocycles. The Morgan fingerprint density at radius 3 is 2.48 bits per heavy atom. The fourth-order valence-electron chi connectivity index (χ4n) is 3.09. The summed E-state index contributed by atoms with van der Waals surface area (Å²) in [5.41, 5.74) is 1.23. The van der Waals surface area contributed by atoms with Gasteiger partial charge in [-0.3, -0.25) is 9.59 Å². The highest BCUT2D eigenvalue weighted by Crippen LogP contribution is 2.19. The first-order chi connectivity index (χ1) is 13.1. The van der Waals surface area contributed by atoms with Gasteiger partial charge in [-0.25, -0.2) is 0 Å². The average molecular weight is 368 g/mol. The molecule has 0 aliphatic heterocycles. The number of hydrogen-bond acceptors (Lipinski definition) is 4. The summed E-state index contributed by atoms with van der Waals surface area (Å²) >= 11 is 0. The first-order valence-electron chi connectivity index (χ1n) is 9.11. The number of carbonyl (C=O) groups excluding carboxylic acids is 2. The van der Waals surface area contributed by atoms with Crippen LogP contribution in [0.25, 0.3) is 0 Å². The van der Waals surface area contributed by atoms with E-state index in [-0.39, 0.29) is 24.5 Å². The molecule has 6 nitrogen and oxygen atoms in total. The highest BCUT2D eigenvalue weighted by molar-refractivity contribution is 5.94. The van der Waals surface area contributed by atoms with Crippen LogP contribution in [0.2, 0.25) is 0 Å². The zero-order valence-corrected chi connectivity index (χ0v) is 15.4. The monoisotopic (exact) mass is 368 g/mol. The third-order valence-corrected chi connectivity index (χ3v) is 4.53. The Bertz CT molecular complexity index is 783. The summed E-state index contributed by atoms with van der Waals surface area (Å²) in [6.45, 7) is -0.120. The van der Waals surface area contributed by atoms with Gasteiger partial charge in [0.2, 0.25) is 0 Å². The number of amides is 2. The second kappa shape index (κ2) is 9.07. The SMILES string of the molecule is COc1cccc(NC(=O)COc2ccc(C(=O)NC3CCCC3)cc2)c1. The Morgan fingerprint density at radius 2 is 1.78 bits per heavy atom. The van der Waals surface area contributed by atoms with Crippen molar-refractivity contribution in [3.8, 4) is 11.5 Å². The van der Waals surface area contributed by atoms with Crippen LogP contribution in [-0.2, 0) is 4.79 Å². The Hall–Kier alpha value is -3.02. The van der Waals surface area contributed by atoms with Gasteiger partial charge in [-0.05, 0) is 49.2 Å². The van der Waals surface area contributed by atoms with Crippen molar-refractivity contribution >= 4 is 17.5 Å². The van der Waals surface area contributed by atoms with Gasteiger partial charge < -0.3 is 20.1 Å². The molecule has 3 rings (SSSR count). The molecule has 1 aliphatic carbocycles. The minimum atomic E-state index is -0.272. The van der Waals surface area contributed by atoms with Crippen LogP contribution in [-0.4, -0.2) is 31.6 Å². The summed E-state index contributed by atoms with van der Waals surface area (Å²) in [5, 5.41) is 5.80. The molecule has 2 N–H and O–H groups in total. The fraction of sp³-hybridized carbons (Fsp3) is 0.333. The van der Waals surface area contributed by atoms with Gasteiger partial charge in [0.25, 0.3) is 11.8 Å². The van der Waals surface area contributed by atoms with Crippen molar-refractivity contribution in [2.45, 2.75) is 31.7 Å². The van der Waals surface area contributed by atoms with E-state index in [9.17, 15) is 9.59 Å². The van der Waals surface area contributed by atoms with Crippen LogP contribution < -0.4 is 20.1 Å². The van der Waals surface area contributed by atoms with Crippen LogP contribution in [0.5, 0.6) is 11.5 Å². The van der Waals surface area contributed by atoms with E-state index in [0.29, 0.717) is 22.7 Å². The lowest BCUT2D eigenvalue weighted by atomic mass is 10.1. The highest BCUT2D eigenvalue weighted by Gasteiger charge is 2.17. The second-order valence-electron chi connectivity index (χ2n) is 6.55. The topological polar surface area (TPSA) is 76.7 Å². The van der Waals surface area contributed by atoms with Gasteiger partial charge in [0.15, 0.2) is 6.61 Å². The van der Waals surface area contributed by atoms with Gasteiger partial charge in [0, 0.05) is 23.4 Å². The van der Waals surface area contributed by atoms with Crippen molar-refractivity contribution in [3.63, 3.8) is 0 Å². The predicted molar refractivity (Wildman–Crippen MR) is 103 cm³/mol. The Kier molecular flexibility index (Phi) is 6.30. The first-order valence-corrected chi connectivity index (χ1v) is 9.11. The van der Waals surface area contributed by atoms with E-state index in [1.807, 2.05) is 0 Å². The molecule has 27 heavy (non-hydrogen) atoms. The number of benzene rings is 2. The van der Waals surface area contributed by atoms with Crippen molar-refractivity contribution in [3.05, 3.63) is 54.1 Å². The molecular formula is C21H24N2O4. The molecule has 0 saturated heterocycles. The lowest BCUT2D eigenvalue weighted by Gasteiger charge is -2.12. The molecule has 2 amide bonds. The van der Waals surface area contributed by atoms with Crippen LogP contribution in [0, 0.1) is 0 Å². The molecule has 0 heterocycles. The van der Waals surface area contributed by atoms with E-state index >= 15 is 0 Å². The quantitative estimate of drug-likeness (QED) is 0.785. The number of methoxy groups -OCH3 is 1. The molecule has 0 spiro atoms. The molecule has 2 aromatic rings. The number of anilines is 1. The van der Waals surface area contributed by atoms with Crippen molar-refractivity contribution in [2.75, 3.05) is 19.0 Å². The number of nitrogens with one attached hydrogen (secondary N) is 2. The summed E-state index contributed by atoms with van der Waals surface area (Å²) in [6, 6.07) is 14.2. The minimum Gasteiger partial charge on any atom is -0.497 e. The zero-order valence-electron chi connectivity index (χ0n) is 15.4. The minimum absolute atomic E-state index is 0.0655. The van der Waals surface area contributed by atoms with Crippen molar-refractivity contribution in [1.29, 1.82) is 0 Å². The predicted octanol–water partition coefficient (Wildman–Crippen LogP) is 3.39. The molecule has 0 atom stereocenters. The Morgan fingerprint density at radius 1 is 1.04 bits per heavy atom. The van der Waals surface area contributed by atoms with Crippen LogP contribution in [0.15, 0.2) is 48.5 Å². The maximum Gasteiger partial charge on any atom is 0.262 e. The van der Waals surface area contributed by atoms with E-state index < -0.39 is 0 Å². The molecule has 0 unspecified atom stereocenters. The van der Waals surface area contributed by atoms with Crippen molar-refractivity contribution < 1.29 is 19.1 Å². The van der Waals surface area contributed by atoms with Gasteiger partial charge in [0.1, 0.15) is 11.5 Å². The maximum absolute atomic E-state index is 12.2. The zero-order chi connectivity index (χ0) is 19.1. The van der Waals surface area contributed by atoms with E-state index in [1.165, 1.54) is 12.8 Å². The lowest BCUT2D eigenvalue weighted by Crippen LogP contribution is -2.32. The molecule has 0 radical (unpaired) electrons. The average Bonchev–Trinajstić information content (AvgIpc) is 3.20. The molecule has 2 aromatic carbocycles. The summed E-state index contributed by atoms with van der Waals surface area (Å²) in [5.74, 6) is 0.865. The number of rotatable bonds is 7. The van der Waals surface area contributed by atoms with Crippen LogP contribution >= 0.6 is 0 Å². The number of hydrogen-bond donors (Lipinski definition) is 2. The molecular weight excluding hydrogens is 344 g/mol. The van der Waals surface area contributed by atoms with Crippen LogP contribution in [0.4, 0.5) is 5.69 Å². The van der Waals surface area contributed by atoms with Gasteiger partial charge >= 0.3 is 0 Å². The molecule has 142 valence electrons. The number of carbonyl (C=O) groups is 2. The number of ether oxygens (including phenoxy) is 2. The van der Waals surface area contributed by atoms with Gasteiger partial charge in [-0.15, -0.1) is 0 Å². The standard InChI is InChI=1S/C21H24N2O4/c1-26-19-8-4-7-17(13-19)22-20(24)14-27-18-11-9-15(10-12-18)21(25)23-16-5-2-3-6-16/h4,7-13,16H,2-3,5-6,14H2,1H3,(H,22,24)(H,23,25). The maximum atomic E-state index is 12.2. The van der Waals surface area contributed by atoms with E-state index in [0.717, 1.165) is 12.8 Å². The summed E-state index contributed by atoms with van der Waals surface area (Å²) in [4.78, 5) is 24.2. The summed E-state index contributed by atoms with van der Waals surface area (Å²) in [7, 11) is 1.57. The van der Waals surface area contributed by atoms with Gasteiger partial charge in [0.05, 0.1) is 7.11 Å². The normalized spacial score (nSPS) is 13.8. The van der Waals surface area contributed by atoms with E-state index in [1.54, 1.807) is 55.6 Å². The third kappa shape index (κ3) is 5.48. The largest absolute Gasteiger partial charge is 0.497 e. The molecule has 1 aliphatic rings. The molecule has 1 fully saturated rings. The second-order valence-corrected chi connectivity index (χ2v) is 6.55.